The average molecular weight is 253 g/mol. The van der Waals surface area contributed by atoms with E-state index in [1.807, 2.05) is 12.1 Å². The Bertz CT molecular complexity index is 388. The van der Waals surface area contributed by atoms with Gasteiger partial charge < -0.3 is 4.90 Å². The first-order valence-corrected chi connectivity index (χ1v) is 6.65. The van der Waals surface area contributed by atoms with E-state index in [1.165, 1.54) is 30.7 Å². The third-order valence-electron chi connectivity index (χ3n) is 3.67. The van der Waals surface area contributed by atoms with Gasteiger partial charge in [-0.05, 0) is 37.1 Å². The zero-order chi connectivity index (χ0) is 12.3. The van der Waals surface area contributed by atoms with Crippen LogP contribution in [0.5, 0.6) is 0 Å². The zero-order valence-electron chi connectivity index (χ0n) is 10.2. The van der Waals surface area contributed by atoms with Crippen molar-refractivity contribution in [1.82, 2.24) is 0 Å². The highest BCUT2D eigenvalue weighted by Gasteiger charge is 2.25. The fourth-order valence-corrected chi connectivity index (χ4v) is 2.62. The van der Waals surface area contributed by atoms with Crippen molar-refractivity contribution in [2.45, 2.75) is 31.7 Å². The summed E-state index contributed by atoms with van der Waals surface area (Å²) in [5.74, 6) is 0.243. The molecule has 92 valence electrons. The molecule has 0 aromatic heterocycles. The van der Waals surface area contributed by atoms with Crippen LogP contribution in [0.4, 0.5) is 0 Å². The summed E-state index contributed by atoms with van der Waals surface area (Å²) in [4.78, 5) is 13.6. The Hall–Kier alpha value is -0.860. The Morgan fingerprint density at radius 1 is 1.35 bits per heavy atom. The summed E-state index contributed by atoms with van der Waals surface area (Å²) in [5, 5.41) is 0.682. The molecular weight excluding hydrogens is 234 g/mol. The summed E-state index contributed by atoms with van der Waals surface area (Å²) >= 11 is 5.82. The fraction of sp³-hybridized carbons (Fsp3) is 0.500. The number of hydrogen-bond donors (Lipinski definition) is 1. The van der Waals surface area contributed by atoms with Crippen molar-refractivity contribution in [3.8, 4) is 0 Å². The van der Waals surface area contributed by atoms with Crippen LogP contribution in [-0.2, 0) is 0 Å². The van der Waals surface area contributed by atoms with Gasteiger partial charge in [-0.2, -0.15) is 0 Å². The number of hydrogen-bond acceptors (Lipinski definition) is 1. The number of halogens is 1. The molecule has 2 atom stereocenters. The number of benzene rings is 1. The van der Waals surface area contributed by atoms with Gasteiger partial charge in [0, 0.05) is 17.0 Å². The number of rotatable bonds is 3. The van der Waals surface area contributed by atoms with Crippen molar-refractivity contribution >= 4 is 17.4 Å². The van der Waals surface area contributed by atoms with E-state index in [2.05, 4.69) is 7.05 Å². The van der Waals surface area contributed by atoms with Crippen LogP contribution >= 0.6 is 11.6 Å². The molecule has 0 amide bonds. The predicted octanol–water partition coefficient (Wildman–Crippen LogP) is 1.98. The number of carbonyl (C=O) groups excluding carboxylic acids is 1. The third kappa shape index (κ3) is 3.30. The minimum absolute atomic E-state index is 0.243. The van der Waals surface area contributed by atoms with E-state index in [1.54, 1.807) is 12.1 Å². The van der Waals surface area contributed by atoms with Crippen molar-refractivity contribution in [2.75, 3.05) is 13.6 Å². The summed E-state index contributed by atoms with van der Waals surface area (Å²) in [6, 6.07) is 7.70. The Morgan fingerprint density at radius 2 is 2.06 bits per heavy atom. The lowest BCUT2D eigenvalue weighted by molar-refractivity contribution is -0.910. The van der Waals surface area contributed by atoms with Crippen LogP contribution in [0.15, 0.2) is 24.3 Å². The summed E-state index contributed by atoms with van der Waals surface area (Å²) in [6.45, 7) is 1.19. The van der Waals surface area contributed by atoms with Crippen LogP contribution in [0.3, 0.4) is 0 Å². The second kappa shape index (κ2) is 5.65. The lowest BCUT2D eigenvalue weighted by atomic mass is 9.95. The van der Waals surface area contributed by atoms with Crippen molar-refractivity contribution in [3.05, 3.63) is 34.9 Å². The van der Waals surface area contributed by atoms with Gasteiger partial charge in [0.1, 0.15) is 0 Å². The monoisotopic (exact) mass is 252 g/mol. The standard InChI is InChI=1S/C14H18ClNO/c1-16-9-3-2-4-13(16)10-14(17)11-5-7-12(15)8-6-11/h5-8,13H,2-4,9-10H2,1H3/p+1. The highest BCUT2D eigenvalue weighted by Crippen LogP contribution is 2.13. The minimum atomic E-state index is 0.243. The Labute approximate surface area is 108 Å². The maximum Gasteiger partial charge on any atom is 0.168 e. The Kier molecular flexibility index (Phi) is 4.19. The zero-order valence-corrected chi connectivity index (χ0v) is 11.0. The van der Waals surface area contributed by atoms with E-state index in [-0.39, 0.29) is 5.78 Å². The Balaban J connectivity index is 1.98. The molecule has 0 aliphatic carbocycles. The Morgan fingerprint density at radius 3 is 2.71 bits per heavy atom. The molecule has 2 rings (SSSR count). The van der Waals surface area contributed by atoms with Crippen molar-refractivity contribution in [3.63, 3.8) is 0 Å². The van der Waals surface area contributed by atoms with E-state index in [0.717, 1.165) is 5.56 Å². The van der Waals surface area contributed by atoms with Crippen molar-refractivity contribution < 1.29 is 9.69 Å². The topological polar surface area (TPSA) is 21.5 Å². The van der Waals surface area contributed by atoms with Gasteiger partial charge >= 0.3 is 0 Å². The van der Waals surface area contributed by atoms with Gasteiger partial charge in [-0.15, -0.1) is 0 Å². The molecule has 1 aliphatic heterocycles. The number of quaternary nitrogens is 1. The molecule has 1 saturated heterocycles. The molecule has 1 aromatic rings. The van der Waals surface area contributed by atoms with Crippen LogP contribution in [-0.4, -0.2) is 25.4 Å². The molecule has 0 radical (unpaired) electrons. The number of ketones is 1. The molecular formula is C14H19ClNO+. The molecule has 0 saturated carbocycles. The molecule has 1 fully saturated rings. The van der Waals surface area contributed by atoms with Crippen LogP contribution in [0.1, 0.15) is 36.0 Å². The number of nitrogens with one attached hydrogen (secondary N) is 1. The first-order valence-electron chi connectivity index (χ1n) is 6.28. The number of likely N-dealkylation sites (tertiary alicyclic amines) is 1. The van der Waals surface area contributed by atoms with Crippen LogP contribution in [0, 0.1) is 0 Å². The highest BCUT2D eigenvalue weighted by atomic mass is 35.5. The van der Waals surface area contributed by atoms with Crippen LogP contribution in [0.2, 0.25) is 5.02 Å². The normalized spacial score (nSPS) is 24.6. The number of Topliss-reactive ketones (excluding diaryl/α,β-unsaturated/α-hetero) is 1. The first-order chi connectivity index (χ1) is 8.16. The fourth-order valence-electron chi connectivity index (χ4n) is 2.50. The van der Waals surface area contributed by atoms with E-state index < -0.39 is 0 Å². The summed E-state index contributed by atoms with van der Waals surface area (Å²) in [7, 11) is 2.19. The first kappa shape index (κ1) is 12.6. The summed E-state index contributed by atoms with van der Waals surface area (Å²) in [5.41, 5.74) is 0.785. The van der Waals surface area contributed by atoms with Crippen LogP contribution in [0.25, 0.3) is 0 Å². The van der Waals surface area contributed by atoms with E-state index >= 15 is 0 Å². The average Bonchev–Trinajstić information content (AvgIpc) is 2.33. The van der Waals surface area contributed by atoms with Gasteiger partial charge in [-0.25, -0.2) is 0 Å². The molecule has 3 heteroatoms. The van der Waals surface area contributed by atoms with E-state index in [0.29, 0.717) is 17.5 Å². The summed E-state index contributed by atoms with van der Waals surface area (Å²) < 4.78 is 0. The SMILES string of the molecule is C[NH+]1CCCCC1CC(=O)c1ccc(Cl)cc1. The minimum Gasteiger partial charge on any atom is -0.335 e. The smallest absolute Gasteiger partial charge is 0.168 e. The largest absolute Gasteiger partial charge is 0.335 e. The maximum atomic E-state index is 12.1. The lowest BCUT2D eigenvalue weighted by Gasteiger charge is -2.28. The van der Waals surface area contributed by atoms with Gasteiger partial charge in [0.05, 0.1) is 26.1 Å². The van der Waals surface area contributed by atoms with Gasteiger partial charge in [0.15, 0.2) is 5.78 Å². The van der Waals surface area contributed by atoms with Gasteiger partial charge in [-0.1, -0.05) is 11.6 Å². The van der Waals surface area contributed by atoms with Crippen LogP contribution < -0.4 is 4.90 Å². The van der Waals surface area contributed by atoms with Gasteiger partial charge in [-0.3, -0.25) is 4.79 Å². The lowest BCUT2D eigenvalue weighted by Crippen LogP contribution is -3.13. The predicted molar refractivity (Wildman–Crippen MR) is 69.8 cm³/mol. The van der Waals surface area contributed by atoms with Gasteiger partial charge in [0.2, 0.25) is 0 Å². The van der Waals surface area contributed by atoms with E-state index in [9.17, 15) is 4.79 Å². The number of piperidine rings is 1. The molecule has 1 N–H and O–H groups in total. The molecule has 0 bridgehead atoms. The van der Waals surface area contributed by atoms with Crippen molar-refractivity contribution in [1.29, 1.82) is 0 Å². The van der Waals surface area contributed by atoms with E-state index in [4.69, 9.17) is 11.6 Å². The quantitative estimate of drug-likeness (QED) is 0.817. The molecule has 2 unspecified atom stereocenters. The molecule has 1 aromatic carbocycles. The maximum absolute atomic E-state index is 12.1. The summed E-state index contributed by atoms with van der Waals surface area (Å²) in [6.07, 6.45) is 4.38. The molecule has 17 heavy (non-hydrogen) atoms. The molecule has 0 spiro atoms. The van der Waals surface area contributed by atoms with Gasteiger partial charge in [0.25, 0.3) is 0 Å². The second-order valence-corrected chi connectivity index (χ2v) is 5.36. The molecule has 1 aliphatic rings. The highest BCUT2D eigenvalue weighted by molar-refractivity contribution is 6.30. The number of carbonyl (C=O) groups is 1. The molecule has 2 nitrogen and oxygen atoms in total. The third-order valence-corrected chi connectivity index (χ3v) is 3.92. The molecule has 1 heterocycles. The van der Waals surface area contributed by atoms with Crippen molar-refractivity contribution in [2.24, 2.45) is 0 Å². The second-order valence-electron chi connectivity index (χ2n) is 4.92.